The third-order valence-electron chi connectivity index (χ3n) is 3.37. The monoisotopic (exact) mass is 300 g/mol. The molecule has 0 fully saturated rings. The van der Waals surface area contributed by atoms with Crippen LogP contribution >= 0.6 is 0 Å². The zero-order valence-electron chi connectivity index (χ0n) is 12.1. The summed E-state index contributed by atoms with van der Waals surface area (Å²) < 4.78 is 29.3. The van der Waals surface area contributed by atoms with E-state index in [9.17, 15) is 9.18 Å². The summed E-state index contributed by atoms with van der Waals surface area (Å²) in [6.45, 7) is 1.74. The third kappa shape index (κ3) is 2.41. The summed E-state index contributed by atoms with van der Waals surface area (Å²) in [5.74, 6) is -0.772. The number of carbonyl (C=O) groups excluding carboxylic acids is 1. The lowest BCUT2D eigenvalue weighted by molar-refractivity contribution is 0.0696. The molecule has 0 atom stereocenters. The molecule has 0 spiro atoms. The molecular weight excluding hydrogens is 287 g/mol. The highest BCUT2D eigenvalue weighted by atomic mass is 19.1. The van der Waals surface area contributed by atoms with E-state index in [1.807, 2.05) is 0 Å². The molecule has 1 aromatic heterocycles. The Balaban J connectivity index is 1.97. The fourth-order valence-corrected chi connectivity index (χ4v) is 2.20. The Morgan fingerprint density at radius 3 is 2.68 bits per heavy atom. The number of halogens is 1. The van der Waals surface area contributed by atoms with Crippen molar-refractivity contribution < 1.29 is 23.1 Å². The number of ether oxygens (including phenoxy) is 2. The van der Waals surface area contributed by atoms with Gasteiger partial charge in [0, 0.05) is 10.9 Å². The summed E-state index contributed by atoms with van der Waals surface area (Å²) in [5, 5.41) is 0.750. The lowest BCUT2D eigenvalue weighted by Gasteiger charge is -2.03. The van der Waals surface area contributed by atoms with Crippen molar-refractivity contribution in [3.8, 4) is 11.5 Å². The van der Waals surface area contributed by atoms with Gasteiger partial charge in [-0.15, -0.1) is 0 Å². The van der Waals surface area contributed by atoms with E-state index in [1.165, 1.54) is 18.2 Å². The van der Waals surface area contributed by atoms with Gasteiger partial charge >= 0.3 is 5.97 Å². The fraction of sp³-hybridized carbons (Fsp3) is 0.118. The quantitative estimate of drug-likeness (QED) is 0.539. The standard InChI is InChI=1S/C17H13FO4/c1-10-12-9-11(20-2)7-8-14(12)21-16(10)17(19)22-15-6-4-3-5-13(15)18/h3-9H,1-2H3. The largest absolute Gasteiger partial charge is 0.497 e. The van der Waals surface area contributed by atoms with Crippen LogP contribution in [0.1, 0.15) is 16.1 Å². The van der Waals surface area contributed by atoms with Gasteiger partial charge in [-0.3, -0.25) is 0 Å². The van der Waals surface area contributed by atoms with Gasteiger partial charge in [-0.05, 0) is 37.3 Å². The van der Waals surface area contributed by atoms with Crippen LogP contribution in [0.5, 0.6) is 11.5 Å². The maximum absolute atomic E-state index is 13.5. The smallest absolute Gasteiger partial charge is 0.380 e. The van der Waals surface area contributed by atoms with Crippen molar-refractivity contribution >= 4 is 16.9 Å². The number of para-hydroxylation sites is 1. The van der Waals surface area contributed by atoms with Gasteiger partial charge in [-0.1, -0.05) is 12.1 Å². The first-order chi connectivity index (χ1) is 10.6. The first-order valence-corrected chi connectivity index (χ1v) is 6.64. The van der Waals surface area contributed by atoms with Gasteiger partial charge < -0.3 is 13.9 Å². The first kappa shape index (κ1) is 14.1. The summed E-state index contributed by atoms with van der Waals surface area (Å²) in [6, 6.07) is 10.9. The van der Waals surface area contributed by atoms with E-state index < -0.39 is 11.8 Å². The van der Waals surface area contributed by atoms with Gasteiger partial charge in [-0.2, -0.15) is 0 Å². The molecule has 0 unspecified atom stereocenters. The summed E-state index contributed by atoms with van der Waals surface area (Å²) in [4.78, 5) is 12.2. The highest BCUT2D eigenvalue weighted by molar-refractivity contribution is 5.97. The molecule has 1 heterocycles. The molecule has 5 heteroatoms. The molecule has 0 N–H and O–H groups in total. The van der Waals surface area contributed by atoms with Gasteiger partial charge in [0.25, 0.3) is 0 Å². The summed E-state index contributed by atoms with van der Waals surface area (Å²) in [6.07, 6.45) is 0. The second kappa shape index (κ2) is 5.52. The van der Waals surface area contributed by atoms with Gasteiger partial charge in [0.2, 0.25) is 5.76 Å². The van der Waals surface area contributed by atoms with Crippen LogP contribution in [-0.2, 0) is 0 Å². The summed E-state index contributed by atoms with van der Waals surface area (Å²) in [7, 11) is 1.56. The zero-order valence-corrected chi connectivity index (χ0v) is 12.1. The summed E-state index contributed by atoms with van der Waals surface area (Å²) >= 11 is 0. The summed E-state index contributed by atoms with van der Waals surface area (Å²) in [5.41, 5.74) is 1.16. The lowest BCUT2D eigenvalue weighted by Crippen LogP contribution is -2.09. The molecule has 2 aromatic carbocycles. The number of benzene rings is 2. The number of furan rings is 1. The number of hydrogen-bond acceptors (Lipinski definition) is 4. The predicted octanol–water partition coefficient (Wildman–Crippen LogP) is 4.11. The van der Waals surface area contributed by atoms with Crippen molar-refractivity contribution in [3.05, 3.63) is 59.6 Å². The van der Waals surface area contributed by atoms with E-state index in [1.54, 1.807) is 38.3 Å². The zero-order chi connectivity index (χ0) is 15.7. The van der Waals surface area contributed by atoms with Crippen LogP contribution in [0.15, 0.2) is 46.9 Å². The highest BCUT2D eigenvalue weighted by Crippen LogP contribution is 2.29. The number of esters is 1. The maximum Gasteiger partial charge on any atom is 0.380 e. The van der Waals surface area contributed by atoms with Crippen LogP contribution in [0.3, 0.4) is 0 Å². The molecule has 0 aliphatic rings. The minimum Gasteiger partial charge on any atom is -0.497 e. The minimum absolute atomic E-state index is 0.0477. The van der Waals surface area contributed by atoms with Crippen molar-refractivity contribution in [2.75, 3.05) is 7.11 Å². The van der Waals surface area contributed by atoms with E-state index >= 15 is 0 Å². The predicted molar refractivity (Wildman–Crippen MR) is 78.9 cm³/mol. The molecule has 0 saturated heterocycles. The third-order valence-corrected chi connectivity index (χ3v) is 3.37. The Bertz CT molecular complexity index is 851. The van der Waals surface area contributed by atoms with E-state index in [-0.39, 0.29) is 11.5 Å². The number of hydrogen-bond donors (Lipinski definition) is 0. The second-order valence-corrected chi connectivity index (χ2v) is 4.74. The Morgan fingerprint density at radius 2 is 1.95 bits per heavy atom. The molecule has 3 rings (SSSR count). The van der Waals surface area contributed by atoms with E-state index in [4.69, 9.17) is 13.9 Å². The number of fused-ring (bicyclic) bond motifs is 1. The van der Waals surface area contributed by atoms with Crippen LogP contribution < -0.4 is 9.47 Å². The number of carbonyl (C=O) groups is 1. The van der Waals surface area contributed by atoms with Crippen molar-refractivity contribution in [2.45, 2.75) is 6.92 Å². The Morgan fingerprint density at radius 1 is 1.18 bits per heavy atom. The molecule has 0 saturated carbocycles. The second-order valence-electron chi connectivity index (χ2n) is 4.74. The Hall–Kier alpha value is -2.82. The molecular formula is C17H13FO4. The van der Waals surface area contributed by atoms with Crippen LogP contribution in [-0.4, -0.2) is 13.1 Å². The fourth-order valence-electron chi connectivity index (χ4n) is 2.20. The van der Waals surface area contributed by atoms with E-state index in [0.29, 0.717) is 16.9 Å². The topological polar surface area (TPSA) is 48.7 Å². The van der Waals surface area contributed by atoms with Crippen molar-refractivity contribution in [2.24, 2.45) is 0 Å². The first-order valence-electron chi connectivity index (χ1n) is 6.64. The molecule has 112 valence electrons. The normalized spacial score (nSPS) is 10.7. The Labute approximate surface area is 126 Å². The molecule has 3 aromatic rings. The van der Waals surface area contributed by atoms with Gasteiger partial charge in [0.1, 0.15) is 11.3 Å². The van der Waals surface area contributed by atoms with Crippen LogP contribution in [0.2, 0.25) is 0 Å². The number of aryl methyl sites for hydroxylation is 1. The number of rotatable bonds is 3. The molecule has 22 heavy (non-hydrogen) atoms. The molecule has 0 bridgehead atoms. The van der Waals surface area contributed by atoms with E-state index in [2.05, 4.69) is 0 Å². The Kier molecular flexibility index (Phi) is 3.55. The van der Waals surface area contributed by atoms with Crippen LogP contribution in [0.25, 0.3) is 11.0 Å². The lowest BCUT2D eigenvalue weighted by atomic mass is 10.1. The van der Waals surface area contributed by atoms with Crippen LogP contribution in [0.4, 0.5) is 4.39 Å². The average molecular weight is 300 g/mol. The van der Waals surface area contributed by atoms with Gasteiger partial charge in [-0.25, -0.2) is 9.18 Å². The SMILES string of the molecule is COc1ccc2oc(C(=O)Oc3ccccc3F)c(C)c2c1. The molecule has 0 radical (unpaired) electrons. The van der Waals surface area contributed by atoms with Crippen LogP contribution in [0, 0.1) is 12.7 Å². The average Bonchev–Trinajstić information content (AvgIpc) is 2.86. The van der Waals surface area contributed by atoms with E-state index in [0.717, 1.165) is 5.39 Å². The molecule has 0 amide bonds. The maximum atomic E-state index is 13.5. The van der Waals surface area contributed by atoms with Crippen molar-refractivity contribution in [3.63, 3.8) is 0 Å². The minimum atomic E-state index is -0.738. The van der Waals surface area contributed by atoms with Gasteiger partial charge in [0.15, 0.2) is 11.6 Å². The molecule has 4 nitrogen and oxygen atoms in total. The molecule has 0 aliphatic heterocycles. The van der Waals surface area contributed by atoms with Crippen molar-refractivity contribution in [1.82, 2.24) is 0 Å². The van der Waals surface area contributed by atoms with Crippen molar-refractivity contribution in [1.29, 1.82) is 0 Å². The highest BCUT2D eigenvalue weighted by Gasteiger charge is 2.21. The molecule has 0 aliphatic carbocycles. The number of methoxy groups -OCH3 is 1. The van der Waals surface area contributed by atoms with Gasteiger partial charge in [0.05, 0.1) is 7.11 Å².